The summed E-state index contributed by atoms with van der Waals surface area (Å²) in [6.45, 7) is 2.02. The molecule has 0 fully saturated rings. The van der Waals surface area contributed by atoms with Gasteiger partial charge in [0.15, 0.2) is 0 Å². The summed E-state index contributed by atoms with van der Waals surface area (Å²) in [6, 6.07) is 4.62. The number of rotatable bonds is 4. The van der Waals surface area contributed by atoms with Crippen molar-refractivity contribution >= 4 is 43.2 Å². The first-order valence-corrected chi connectivity index (χ1v) is 8.03. The maximum atomic E-state index is 4.39. The minimum atomic E-state index is 0.312. The Labute approximate surface area is 128 Å². The molecule has 1 unspecified atom stereocenters. The molecule has 0 amide bonds. The maximum absolute atomic E-state index is 4.39. The lowest BCUT2D eigenvalue weighted by molar-refractivity contribution is 0.569. The lowest BCUT2D eigenvalue weighted by Gasteiger charge is -2.14. The van der Waals surface area contributed by atoms with E-state index >= 15 is 0 Å². The van der Waals surface area contributed by atoms with Crippen molar-refractivity contribution in [3.8, 4) is 0 Å². The maximum Gasteiger partial charge on any atom is 0.0843 e. The van der Waals surface area contributed by atoms with E-state index in [4.69, 9.17) is 0 Å². The van der Waals surface area contributed by atoms with Crippen molar-refractivity contribution in [3.05, 3.63) is 36.7 Å². The Hall–Kier alpha value is -0.170. The predicted octanol–water partition coefficient (Wildman–Crippen LogP) is 3.82. The molecule has 2 aromatic rings. The average molecular weight is 393 g/mol. The molecule has 2 heterocycles. The fourth-order valence-corrected chi connectivity index (χ4v) is 4.14. The van der Waals surface area contributed by atoms with E-state index in [-0.39, 0.29) is 0 Å². The summed E-state index contributed by atoms with van der Waals surface area (Å²) in [7, 11) is 3.99. The Morgan fingerprint density at radius 1 is 1.44 bits per heavy atom. The molecule has 18 heavy (non-hydrogen) atoms. The lowest BCUT2D eigenvalue weighted by Crippen LogP contribution is -2.19. The molecule has 3 nitrogen and oxygen atoms in total. The summed E-state index contributed by atoms with van der Waals surface area (Å²) in [4.78, 5) is 1.31. The van der Waals surface area contributed by atoms with E-state index in [9.17, 15) is 0 Å². The number of nitrogens with zero attached hydrogens (tertiary/aromatic N) is 2. The summed E-state index contributed by atoms with van der Waals surface area (Å²) in [5.41, 5.74) is 2.31. The van der Waals surface area contributed by atoms with Crippen molar-refractivity contribution in [2.45, 2.75) is 19.4 Å². The van der Waals surface area contributed by atoms with Crippen LogP contribution in [0.2, 0.25) is 0 Å². The van der Waals surface area contributed by atoms with E-state index in [1.165, 1.54) is 10.6 Å². The largest absolute Gasteiger partial charge is 0.312 e. The Morgan fingerprint density at radius 3 is 2.61 bits per heavy atom. The predicted molar refractivity (Wildman–Crippen MR) is 83.2 cm³/mol. The van der Waals surface area contributed by atoms with Gasteiger partial charge < -0.3 is 5.32 Å². The average Bonchev–Trinajstić information content (AvgIpc) is 2.79. The van der Waals surface area contributed by atoms with E-state index in [1.54, 1.807) is 11.3 Å². The van der Waals surface area contributed by atoms with Gasteiger partial charge in [-0.15, -0.1) is 11.3 Å². The van der Waals surface area contributed by atoms with Crippen molar-refractivity contribution in [2.75, 3.05) is 7.05 Å². The Bertz CT molecular complexity index is 528. The highest BCUT2D eigenvalue weighted by molar-refractivity contribution is 9.13. The topological polar surface area (TPSA) is 29.9 Å². The molecular formula is C12H15Br2N3S. The third-order valence-electron chi connectivity index (χ3n) is 2.87. The van der Waals surface area contributed by atoms with Gasteiger partial charge in [-0.2, -0.15) is 5.10 Å². The second-order valence-electron chi connectivity index (χ2n) is 4.22. The van der Waals surface area contributed by atoms with Crippen molar-refractivity contribution in [3.63, 3.8) is 0 Å². The Kier molecular flexibility index (Phi) is 4.64. The van der Waals surface area contributed by atoms with E-state index < -0.39 is 0 Å². The zero-order chi connectivity index (χ0) is 13.3. The summed E-state index contributed by atoms with van der Waals surface area (Å²) < 4.78 is 4.21. The SMILES string of the molecule is CNC(Cc1cc(C)nn1C)c1cc(Br)c(Br)s1. The van der Waals surface area contributed by atoms with Gasteiger partial charge in [-0.05, 0) is 58.0 Å². The van der Waals surface area contributed by atoms with Crippen molar-refractivity contribution in [1.29, 1.82) is 0 Å². The third-order valence-corrected chi connectivity index (χ3v) is 6.24. The van der Waals surface area contributed by atoms with Gasteiger partial charge in [-0.25, -0.2) is 0 Å². The van der Waals surface area contributed by atoms with Crippen LogP contribution in [0.15, 0.2) is 20.4 Å². The number of thiophene rings is 1. The second-order valence-corrected chi connectivity index (χ2v) is 7.47. The van der Waals surface area contributed by atoms with Crippen LogP contribution in [0.25, 0.3) is 0 Å². The van der Waals surface area contributed by atoms with Crippen molar-refractivity contribution < 1.29 is 0 Å². The zero-order valence-electron chi connectivity index (χ0n) is 10.5. The monoisotopic (exact) mass is 391 g/mol. The van der Waals surface area contributed by atoms with Crippen molar-refractivity contribution in [1.82, 2.24) is 15.1 Å². The minimum Gasteiger partial charge on any atom is -0.312 e. The van der Waals surface area contributed by atoms with E-state index in [0.717, 1.165) is 20.4 Å². The fraction of sp³-hybridized carbons (Fsp3) is 0.417. The fourth-order valence-electron chi connectivity index (χ4n) is 1.94. The molecule has 0 saturated carbocycles. The van der Waals surface area contributed by atoms with Crippen LogP contribution < -0.4 is 5.32 Å². The van der Waals surface area contributed by atoms with Gasteiger partial charge in [0, 0.05) is 34.6 Å². The van der Waals surface area contributed by atoms with Crippen LogP contribution in [0.4, 0.5) is 0 Å². The number of aromatic nitrogens is 2. The molecule has 1 N–H and O–H groups in total. The highest BCUT2D eigenvalue weighted by Crippen LogP contribution is 2.36. The molecule has 0 aliphatic rings. The van der Waals surface area contributed by atoms with Crippen molar-refractivity contribution in [2.24, 2.45) is 7.05 Å². The van der Waals surface area contributed by atoms with Crippen LogP contribution in [0.3, 0.4) is 0 Å². The van der Waals surface area contributed by atoms with Gasteiger partial charge in [0.25, 0.3) is 0 Å². The number of hydrogen-bond donors (Lipinski definition) is 1. The number of nitrogens with one attached hydrogen (secondary N) is 1. The van der Waals surface area contributed by atoms with E-state index in [1.807, 2.05) is 25.7 Å². The summed E-state index contributed by atoms with van der Waals surface area (Å²) in [6.07, 6.45) is 0.938. The molecule has 1 atom stereocenters. The summed E-state index contributed by atoms with van der Waals surface area (Å²) in [5, 5.41) is 7.76. The van der Waals surface area contributed by atoms with Gasteiger partial charge >= 0.3 is 0 Å². The highest BCUT2D eigenvalue weighted by atomic mass is 79.9. The molecule has 2 rings (SSSR count). The number of halogens is 2. The van der Waals surface area contributed by atoms with Gasteiger partial charge in [0.2, 0.25) is 0 Å². The first-order valence-electron chi connectivity index (χ1n) is 5.62. The van der Waals surface area contributed by atoms with Crippen LogP contribution in [0, 0.1) is 6.92 Å². The smallest absolute Gasteiger partial charge is 0.0843 e. The van der Waals surface area contributed by atoms with E-state index in [0.29, 0.717) is 6.04 Å². The summed E-state index contributed by atoms with van der Waals surface area (Å²) >= 11 is 8.84. The molecule has 0 aliphatic carbocycles. The minimum absolute atomic E-state index is 0.312. The summed E-state index contributed by atoms with van der Waals surface area (Å²) in [5.74, 6) is 0. The number of aryl methyl sites for hydroxylation is 2. The van der Waals surface area contributed by atoms with Crippen LogP contribution in [0.1, 0.15) is 22.3 Å². The molecule has 98 valence electrons. The van der Waals surface area contributed by atoms with Crippen LogP contribution in [-0.2, 0) is 13.5 Å². The number of hydrogen-bond acceptors (Lipinski definition) is 3. The quantitative estimate of drug-likeness (QED) is 0.856. The van der Waals surface area contributed by atoms with Gasteiger partial charge in [0.05, 0.1) is 9.48 Å². The first-order chi connectivity index (χ1) is 8.51. The number of likely N-dealkylation sites (N-methyl/N-ethyl adjacent to an activating group) is 1. The molecule has 6 heteroatoms. The molecule has 0 saturated heterocycles. The highest BCUT2D eigenvalue weighted by Gasteiger charge is 2.16. The standard InChI is InChI=1S/C12H15Br2N3S/c1-7-4-8(17(3)16-7)5-10(15-2)11-6-9(13)12(14)18-11/h4,6,10,15H,5H2,1-3H3. The molecule has 0 aromatic carbocycles. The van der Waals surface area contributed by atoms with Crippen LogP contribution in [-0.4, -0.2) is 16.8 Å². The van der Waals surface area contributed by atoms with Gasteiger partial charge in [0.1, 0.15) is 0 Å². The van der Waals surface area contributed by atoms with Gasteiger partial charge in [-0.3, -0.25) is 4.68 Å². The zero-order valence-corrected chi connectivity index (χ0v) is 14.5. The molecule has 0 spiro atoms. The Balaban J connectivity index is 2.22. The second kappa shape index (κ2) is 5.86. The van der Waals surface area contributed by atoms with Gasteiger partial charge in [-0.1, -0.05) is 0 Å². The van der Waals surface area contributed by atoms with Crippen LogP contribution >= 0.6 is 43.2 Å². The Morgan fingerprint density at radius 2 is 2.17 bits per heavy atom. The molecule has 2 aromatic heterocycles. The molecule has 0 aliphatic heterocycles. The normalized spacial score (nSPS) is 12.9. The lowest BCUT2D eigenvalue weighted by atomic mass is 10.1. The molecular weight excluding hydrogens is 378 g/mol. The third kappa shape index (κ3) is 3.04. The molecule has 0 bridgehead atoms. The molecule has 0 radical (unpaired) electrons. The van der Waals surface area contributed by atoms with Crippen LogP contribution in [0.5, 0.6) is 0 Å². The first kappa shape index (κ1) is 14.2. The van der Waals surface area contributed by atoms with E-state index in [2.05, 4.69) is 54.4 Å².